The lowest BCUT2D eigenvalue weighted by Gasteiger charge is -2.18. The zero-order chi connectivity index (χ0) is 22.9. The van der Waals surface area contributed by atoms with Crippen molar-refractivity contribution in [1.82, 2.24) is 9.55 Å². The number of hydrogen-bond acceptors (Lipinski definition) is 3. The van der Waals surface area contributed by atoms with Crippen LogP contribution in [-0.4, -0.2) is 28.6 Å². The van der Waals surface area contributed by atoms with E-state index in [1.807, 2.05) is 47.4 Å². The summed E-state index contributed by atoms with van der Waals surface area (Å²) in [5, 5.41) is 0. The molecule has 168 valence electrons. The Kier molecular flexibility index (Phi) is 5.94. The van der Waals surface area contributed by atoms with Gasteiger partial charge in [-0.25, -0.2) is 4.98 Å². The fraction of sp³-hybridized carbons (Fsp3) is 0.259. The molecule has 1 unspecified atom stereocenters. The van der Waals surface area contributed by atoms with Crippen molar-refractivity contribution in [2.24, 2.45) is 0 Å². The third kappa shape index (κ3) is 4.40. The number of benzene rings is 3. The van der Waals surface area contributed by atoms with E-state index in [9.17, 15) is 4.79 Å². The van der Waals surface area contributed by atoms with Crippen LogP contribution < -0.4 is 9.64 Å². The van der Waals surface area contributed by atoms with Crippen molar-refractivity contribution in [2.75, 3.05) is 18.1 Å². The van der Waals surface area contributed by atoms with Crippen LogP contribution >= 0.6 is 15.9 Å². The Labute approximate surface area is 202 Å². The van der Waals surface area contributed by atoms with Crippen molar-refractivity contribution in [3.05, 3.63) is 88.2 Å². The van der Waals surface area contributed by atoms with Gasteiger partial charge in [-0.15, -0.1) is 0 Å². The number of para-hydroxylation sites is 2. The van der Waals surface area contributed by atoms with E-state index in [1.54, 1.807) is 0 Å². The molecule has 0 spiro atoms. The first-order valence-electron chi connectivity index (χ1n) is 11.2. The maximum atomic E-state index is 12.9. The van der Waals surface area contributed by atoms with Crippen molar-refractivity contribution in [3.63, 3.8) is 0 Å². The van der Waals surface area contributed by atoms with Gasteiger partial charge < -0.3 is 14.2 Å². The highest BCUT2D eigenvalue weighted by atomic mass is 79.9. The van der Waals surface area contributed by atoms with Gasteiger partial charge in [-0.1, -0.05) is 46.3 Å². The Morgan fingerprint density at radius 1 is 1.06 bits per heavy atom. The van der Waals surface area contributed by atoms with Crippen LogP contribution in [0.2, 0.25) is 0 Å². The van der Waals surface area contributed by atoms with Crippen LogP contribution in [0.4, 0.5) is 5.69 Å². The molecule has 3 aromatic carbocycles. The summed E-state index contributed by atoms with van der Waals surface area (Å²) in [7, 11) is 0. The number of carbonyl (C=O) groups is 1. The molecule has 33 heavy (non-hydrogen) atoms. The third-order valence-corrected chi connectivity index (χ3v) is 6.70. The summed E-state index contributed by atoms with van der Waals surface area (Å²) in [6, 6.07) is 22.3. The number of aryl methyl sites for hydroxylation is 2. The average molecular weight is 504 g/mol. The number of nitrogens with zero attached hydrogens (tertiary/aromatic N) is 3. The quantitative estimate of drug-likeness (QED) is 0.323. The normalized spacial score (nSPS) is 16.0. The summed E-state index contributed by atoms with van der Waals surface area (Å²) in [6.45, 7) is 5.96. The molecule has 0 N–H and O–H groups in total. The maximum Gasteiger partial charge on any atom is 0.227 e. The smallest absolute Gasteiger partial charge is 0.227 e. The molecule has 1 aromatic heterocycles. The monoisotopic (exact) mass is 503 g/mol. The number of fused-ring (bicyclic) bond motifs is 1. The second-order valence-corrected chi connectivity index (χ2v) is 9.53. The van der Waals surface area contributed by atoms with E-state index in [1.165, 1.54) is 5.56 Å². The molecule has 1 aliphatic rings. The number of aromatic nitrogens is 2. The zero-order valence-electron chi connectivity index (χ0n) is 18.8. The Hall–Kier alpha value is -3.12. The lowest BCUT2D eigenvalue weighted by Crippen LogP contribution is -2.24. The first kappa shape index (κ1) is 21.7. The molecule has 4 aromatic rings. The minimum Gasteiger partial charge on any atom is -0.491 e. The van der Waals surface area contributed by atoms with E-state index in [2.05, 4.69) is 58.6 Å². The van der Waals surface area contributed by atoms with E-state index in [0.717, 1.165) is 38.3 Å². The molecule has 0 radical (unpaired) electrons. The van der Waals surface area contributed by atoms with Gasteiger partial charge >= 0.3 is 0 Å². The van der Waals surface area contributed by atoms with Crippen LogP contribution in [0.5, 0.6) is 5.75 Å². The van der Waals surface area contributed by atoms with E-state index in [-0.39, 0.29) is 11.8 Å². The topological polar surface area (TPSA) is 47.4 Å². The molecule has 1 fully saturated rings. The minimum absolute atomic E-state index is 0.0320. The van der Waals surface area contributed by atoms with Gasteiger partial charge in [-0.2, -0.15) is 0 Å². The number of anilines is 1. The highest BCUT2D eigenvalue weighted by Gasteiger charge is 2.34. The van der Waals surface area contributed by atoms with Crippen LogP contribution in [0.25, 0.3) is 11.0 Å². The van der Waals surface area contributed by atoms with Crippen LogP contribution in [0, 0.1) is 13.8 Å². The fourth-order valence-corrected chi connectivity index (χ4v) is 4.91. The number of halogens is 1. The predicted molar refractivity (Wildman–Crippen MR) is 135 cm³/mol. The molecule has 1 saturated heterocycles. The van der Waals surface area contributed by atoms with E-state index in [0.29, 0.717) is 26.1 Å². The number of ether oxygens (including phenoxy) is 1. The predicted octanol–water partition coefficient (Wildman–Crippen LogP) is 6.02. The molecule has 1 amide bonds. The van der Waals surface area contributed by atoms with Crippen LogP contribution in [-0.2, 0) is 11.3 Å². The van der Waals surface area contributed by atoms with Crippen LogP contribution in [0.1, 0.15) is 29.3 Å². The Morgan fingerprint density at radius 3 is 2.76 bits per heavy atom. The van der Waals surface area contributed by atoms with E-state index < -0.39 is 0 Å². The highest BCUT2D eigenvalue weighted by molar-refractivity contribution is 9.10. The molecule has 5 rings (SSSR count). The van der Waals surface area contributed by atoms with Crippen molar-refractivity contribution >= 4 is 38.6 Å². The number of hydrogen-bond donors (Lipinski definition) is 0. The van der Waals surface area contributed by atoms with Crippen LogP contribution in [0.3, 0.4) is 0 Å². The molecular weight excluding hydrogens is 478 g/mol. The van der Waals surface area contributed by atoms with Gasteiger partial charge in [0.15, 0.2) is 0 Å². The second-order valence-electron chi connectivity index (χ2n) is 8.61. The van der Waals surface area contributed by atoms with Crippen molar-refractivity contribution in [1.29, 1.82) is 0 Å². The zero-order valence-corrected chi connectivity index (χ0v) is 20.4. The molecular formula is C27H26BrN3O2. The van der Waals surface area contributed by atoms with E-state index >= 15 is 0 Å². The molecule has 1 atom stereocenters. The number of amides is 1. The van der Waals surface area contributed by atoms with Crippen LogP contribution in [0.15, 0.2) is 71.2 Å². The van der Waals surface area contributed by atoms with Crippen molar-refractivity contribution in [3.8, 4) is 5.75 Å². The largest absolute Gasteiger partial charge is 0.491 e. The van der Waals surface area contributed by atoms with Gasteiger partial charge in [0.1, 0.15) is 18.2 Å². The van der Waals surface area contributed by atoms with Gasteiger partial charge in [0.05, 0.1) is 17.6 Å². The molecule has 2 heterocycles. The first-order chi connectivity index (χ1) is 16.0. The van der Waals surface area contributed by atoms with E-state index in [4.69, 9.17) is 9.72 Å². The summed E-state index contributed by atoms with van der Waals surface area (Å²) in [6.07, 6.45) is 0.452. The minimum atomic E-state index is 0.0320. The SMILES string of the molecule is Cc1ccc(C)c(OCCn2c(C3CC(=O)N(c4cccc(Br)c4)C3)nc3ccccc32)c1. The fourth-order valence-electron chi connectivity index (χ4n) is 4.52. The lowest BCUT2D eigenvalue weighted by molar-refractivity contribution is -0.117. The van der Waals surface area contributed by atoms with Gasteiger partial charge in [-0.05, 0) is 61.4 Å². The summed E-state index contributed by atoms with van der Waals surface area (Å²) in [4.78, 5) is 19.7. The Bertz CT molecular complexity index is 1330. The first-order valence-corrected chi connectivity index (χ1v) is 12.0. The van der Waals surface area contributed by atoms with Gasteiger partial charge in [0, 0.05) is 29.0 Å². The molecule has 0 bridgehead atoms. The average Bonchev–Trinajstić information content (AvgIpc) is 3.37. The van der Waals surface area contributed by atoms with Crippen molar-refractivity contribution in [2.45, 2.75) is 32.7 Å². The number of rotatable bonds is 6. The maximum absolute atomic E-state index is 12.9. The van der Waals surface area contributed by atoms with Crippen molar-refractivity contribution < 1.29 is 9.53 Å². The second kappa shape index (κ2) is 9.02. The standard InChI is InChI=1S/C27H26BrN3O2/c1-18-10-11-19(2)25(14-18)33-13-12-30-24-9-4-3-8-23(24)29-27(30)20-15-26(32)31(17-20)22-7-5-6-21(28)16-22/h3-11,14,16,20H,12-13,15,17H2,1-2H3. The summed E-state index contributed by atoms with van der Waals surface area (Å²) in [5.74, 6) is 2.03. The third-order valence-electron chi connectivity index (χ3n) is 6.21. The highest BCUT2D eigenvalue weighted by Crippen LogP contribution is 2.34. The summed E-state index contributed by atoms with van der Waals surface area (Å²) >= 11 is 3.51. The molecule has 1 aliphatic heterocycles. The summed E-state index contributed by atoms with van der Waals surface area (Å²) < 4.78 is 9.34. The Balaban J connectivity index is 1.41. The molecule has 6 heteroatoms. The summed E-state index contributed by atoms with van der Waals surface area (Å²) in [5.41, 5.74) is 5.25. The Morgan fingerprint density at radius 2 is 1.91 bits per heavy atom. The molecule has 5 nitrogen and oxygen atoms in total. The lowest BCUT2D eigenvalue weighted by atomic mass is 10.1. The van der Waals surface area contributed by atoms with Gasteiger partial charge in [0.2, 0.25) is 5.91 Å². The molecule has 0 saturated carbocycles. The number of imidazole rings is 1. The van der Waals surface area contributed by atoms with Gasteiger partial charge in [0.25, 0.3) is 0 Å². The number of carbonyl (C=O) groups excluding carboxylic acids is 1. The molecule has 0 aliphatic carbocycles. The van der Waals surface area contributed by atoms with Gasteiger partial charge in [-0.3, -0.25) is 4.79 Å².